The van der Waals surface area contributed by atoms with E-state index in [0.29, 0.717) is 57.0 Å². The predicted octanol–water partition coefficient (Wildman–Crippen LogP) is 3.85. The van der Waals surface area contributed by atoms with Gasteiger partial charge in [0, 0.05) is 25.7 Å². The second kappa shape index (κ2) is 13.7. The Kier molecular flexibility index (Phi) is 10.1. The van der Waals surface area contributed by atoms with Crippen LogP contribution in [0.5, 0.6) is 5.75 Å². The maximum absolute atomic E-state index is 13.6. The summed E-state index contributed by atoms with van der Waals surface area (Å²) in [7, 11) is 0. The SMILES string of the molecule is O=C(NCCNCCc1ccc(O)c2[nH]c(=O)sc12)C(CCc1cccc(F)c1)CNC1CCCCC1. The summed E-state index contributed by atoms with van der Waals surface area (Å²) in [4.78, 5) is 27.2. The van der Waals surface area contributed by atoms with E-state index in [1.165, 1.54) is 25.3 Å². The standard InChI is InChI=1S/C28H37FN4O3S/c29-22-6-4-5-19(17-22)9-10-21(18-32-23-7-2-1-3-8-23)27(35)31-16-15-30-14-13-20-11-12-24(34)25-26(20)37-28(36)33-25/h4-6,11-12,17,21,23,30,32,34H,1-3,7-10,13-16,18H2,(H,31,35)(H,33,36). The van der Waals surface area contributed by atoms with E-state index >= 15 is 0 Å². The molecule has 5 N–H and O–H groups in total. The molecule has 1 heterocycles. The van der Waals surface area contributed by atoms with Gasteiger partial charge in [0.05, 0.1) is 10.6 Å². The largest absolute Gasteiger partial charge is 0.506 e. The van der Waals surface area contributed by atoms with Gasteiger partial charge in [0.1, 0.15) is 17.1 Å². The monoisotopic (exact) mass is 528 g/mol. The summed E-state index contributed by atoms with van der Waals surface area (Å²) in [6, 6.07) is 10.5. The number of thiazole rings is 1. The summed E-state index contributed by atoms with van der Waals surface area (Å²) in [5.74, 6) is -0.313. The average Bonchev–Trinajstić information content (AvgIpc) is 3.30. The molecule has 1 saturated carbocycles. The molecule has 2 aromatic carbocycles. The van der Waals surface area contributed by atoms with Crippen molar-refractivity contribution in [2.45, 2.75) is 57.4 Å². The van der Waals surface area contributed by atoms with Gasteiger partial charge in [0.15, 0.2) is 0 Å². The number of carbonyl (C=O) groups excluding carboxylic acids is 1. The number of hydrogen-bond donors (Lipinski definition) is 5. The third-order valence-electron chi connectivity index (χ3n) is 7.11. The molecule has 37 heavy (non-hydrogen) atoms. The number of halogens is 1. The molecule has 0 saturated heterocycles. The number of aromatic hydroxyl groups is 1. The number of amides is 1. The van der Waals surface area contributed by atoms with Crippen molar-refractivity contribution in [3.63, 3.8) is 0 Å². The van der Waals surface area contributed by atoms with E-state index < -0.39 is 0 Å². The Morgan fingerprint density at radius 1 is 1.11 bits per heavy atom. The van der Waals surface area contributed by atoms with Crippen molar-refractivity contribution in [1.82, 2.24) is 20.9 Å². The van der Waals surface area contributed by atoms with Crippen LogP contribution in [-0.2, 0) is 17.6 Å². The molecule has 1 aliphatic rings. The predicted molar refractivity (Wildman–Crippen MR) is 147 cm³/mol. The van der Waals surface area contributed by atoms with Gasteiger partial charge in [-0.15, -0.1) is 0 Å². The highest BCUT2D eigenvalue weighted by atomic mass is 32.1. The third kappa shape index (κ3) is 8.12. The van der Waals surface area contributed by atoms with Gasteiger partial charge in [-0.2, -0.15) is 0 Å². The Morgan fingerprint density at radius 3 is 2.76 bits per heavy atom. The summed E-state index contributed by atoms with van der Waals surface area (Å²) >= 11 is 1.10. The van der Waals surface area contributed by atoms with Crippen molar-refractivity contribution in [3.05, 3.63) is 63.0 Å². The van der Waals surface area contributed by atoms with Crippen molar-refractivity contribution in [2.24, 2.45) is 5.92 Å². The first-order valence-corrected chi connectivity index (χ1v) is 14.1. The van der Waals surface area contributed by atoms with E-state index in [1.807, 2.05) is 12.1 Å². The van der Waals surface area contributed by atoms with Crippen LogP contribution >= 0.6 is 11.3 Å². The topological polar surface area (TPSA) is 106 Å². The van der Waals surface area contributed by atoms with Gasteiger partial charge in [-0.3, -0.25) is 9.59 Å². The van der Waals surface area contributed by atoms with E-state index in [4.69, 9.17) is 0 Å². The van der Waals surface area contributed by atoms with Crippen molar-refractivity contribution < 1.29 is 14.3 Å². The Balaban J connectivity index is 1.22. The van der Waals surface area contributed by atoms with Crippen molar-refractivity contribution in [1.29, 1.82) is 0 Å². The molecule has 9 heteroatoms. The van der Waals surface area contributed by atoms with Gasteiger partial charge in [0.25, 0.3) is 0 Å². The number of H-pyrrole nitrogens is 1. The Hall–Kier alpha value is -2.75. The summed E-state index contributed by atoms with van der Waals surface area (Å²) < 4.78 is 14.4. The fraction of sp³-hybridized carbons (Fsp3) is 0.500. The van der Waals surface area contributed by atoms with Gasteiger partial charge in [-0.25, -0.2) is 4.39 Å². The highest BCUT2D eigenvalue weighted by Gasteiger charge is 2.21. The van der Waals surface area contributed by atoms with Crippen molar-refractivity contribution >= 4 is 27.5 Å². The van der Waals surface area contributed by atoms with Gasteiger partial charge in [-0.05, 0) is 68.0 Å². The molecule has 1 aromatic heterocycles. The smallest absolute Gasteiger partial charge is 0.305 e. The van der Waals surface area contributed by atoms with Crippen LogP contribution in [0, 0.1) is 11.7 Å². The van der Waals surface area contributed by atoms with E-state index in [1.54, 1.807) is 18.2 Å². The first kappa shape index (κ1) is 27.3. The van der Waals surface area contributed by atoms with Gasteiger partial charge in [0.2, 0.25) is 5.91 Å². The molecule has 4 rings (SSSR count). The maximum Gasteiger partial charge on any atom is 0.305 e. The average molecular weight is 529 g/mol. The Labute approximate surface area is 220 Å². The highest BCUT2D eigenvalue weighted by molar-refractivity contribution is 7.16. The van der Waals surface area contributed by atoms with Gasteiger partial charge in [-0.1, -0.05) is 48.8 Å². The molecule has 3 aromatic rings. The summed E-state index contributed by atoms with van der Waals surface area (Å²) in [5.41, 5.74) is 2.40. The molecule has 1 amide bonds. The minimum absolute atomic E-state index is 0.0267. The molecule has 0 bridgehead atoms. The van der Waals surface area contributed by atoms with Crippen LogP contribution in [0.25, 0.3) is 10.2 Å². The number of carbonyl (C=O) groups is 1. The molecular formula is C28H37FN4O3S. The lowest BCUT2D eigenvalue weighted by Crippen LogP contribution is -2.43. The van der Waals surface area contributed by atoms with Gasteiger partial charge >= 0.3 is 4.87 Å². The van der Waals surface area contributed by atoms with E-state index in [-0.39, 0.29) is 28.3 Å². The van der Waals surface area contributed by atoms with Crippen LogP contribution in [0.4, 0.5) is 4.39 Å². The number of benzene rings is 2. The molecule has 0 aliphatic heterocycles. The van der Waals surface area contributed by atoms with Crippen LogP contribution in [0.2, 0.25) is 0 Å². The molecule has 200 valence electrons. The van der Waals surface area contributed by atoms with Crippen LogP contribution in [0.15, 0.2) is 41.2 Å². The lowest BCUT2D eigenvalue weighted by Gasteiger charge is -2.25. The quantitative estimate of drug-likeness (QED) is 0.217. The summed E-state index contributed by atoms with van der Waals surface area (Å²) in [6.07, 6.45) is 8.12. The number of rotatable bonds is 13. The second-order valence-corrected chi connectivity index (χ2v) is 10.8. The second-order valence-electron chi connectivity index (χ2n) is 9.86. The van der Waals surface area contributed by atoms with Crippen LogP contribution < -0.4 is 20.8 Å². The van der Waals surface area contributed by atoms with Crippen molar-refractivity contribution in [3.8, 4) is 5.75 Å². The minimum Gasteiger partial charge on any atom is -0.506 e. The summed E-state index contributed by atoms with van der Waals surface area (Å²) in [6.45, 7) is 2.47. The third-order valence-corrected chi connectivity index (χ3v) is 8.07. The number of hydrogen-bond acceptors (Lipinski definition) is 6. The van der Waals surface area contributed by atoms with E-state index in [9.17, 15) is 19.1 Å². The number of fused-ring (bicyclic) bond motifs is 1. The Morgan fingerprint density at radius 2 is 1.95 bits per heavy atom. The zero-order valence-corrected chi connectivity index (χ0v) is 22.0. The highest BCUT2D eigenvalue weighted by Crippen LogP contribution is 2.27. The number of aromatic nitrogens is 1. The molecule has 1 atom stereocenters. The molecule has 1 aliphatic carbocycles. The molecular weight excluding hydrogens is 491 g/mol. The van der Waals surface area contributed by atoms with E-state index in [0.717, 1.165) is 40.0 Å². The number of aryl methyl sites for hydroxylation is 1. The van der Waals surface area contributed by atoms with Gasteiger partial charge < -0.3 is 26.0 Å². The summed E-state index contributed by atoms with van der Waals surface area (Å²) in [5, 5.41) is 19.9. The number of phenolic OH excluding ortho intramolecular Hbond substituents is 1. The number of nitrogens with one attached hydrogen (secondary N) is 4. The van der Waals surface area contributed by atoms with Crippen LogP contribution in [0.3, 0.4) is 0 Å². The first-order chi connectivity index (χ1) is 18.0. The molecule has 0 radical (unpaired) electrons. The lowest BCUT2D eigenvalue weighted by atomic mass is 9.93. The maximum atomic E-state index is 13.6. The lowest BCUT2D eigenvalue weighted by molar-refractivity contribution is -0.125. The molecule has 1 fully saturated rings. The van der Waals surface area contributed by atoms with Crippen molar-refractivity contribution in [2.75, 3.05) is 26.2 Å². The normalized spacial score (nSPS) is 15.2. The number of phenols is 1. The first-order valence-electron chi connectivity index (χ1n) is 13.3. The fourth-order valence-corrected chi connectivity index (χ4v) is 5.91. The van der Waals surface area contributed by atoms with E-state index in [2.05, 4.69) is 20.9 Å². The molecule has 1 unspecified atom stereocenters. The zero-order valence-electron chi connectivity index (χ0n) is 21.2. The minimum atomic E-state index is -0.247. The zero-order chi connectivity index (χ0) is 26.0. The molecule has 0 spiro atoms. The fourth-order valence-electron chi connectivity index (χ4n) is 5.01. The molecule has 7 nitrogen and oxygen atoms in total. The number of aromatic amines is 1. The van der Waals surface area contributed by atoms with Crippen LogP contribution in [-0.4, -0.2) is 48.2 Å². The Bertz CT molecular complexity index is 1220. The van der Waals surface area contributed by atoms with Crippen LogP contribution in [0.1, 0.15) is 49.7 Å².